The molecule has 0 aliphatic carbocycles. The van der Waals surface area contributed by atoms with Gasteiger partial charge in [-0.1, -0.05) is 5.16 Å². The van der Waals surface area contributed by atoms with Gasteiger partial charge in [0, 0.05) is 32.0 Å². The molecule has 1 fully saturated rings. The van der Waals surface area contributed by atoms with Crippen LogP contribution in [0.25, 0.3) is 0 Å². The van der Waals surface area contributed by atoms with E-state index in [1.165, 1.54) is 0 Å². The predicted molar refractivity (Wildman–Crippen MR) is 75.6 cm³/mol. The fraction of sp³-hybridized carbons (Fsp3) is 0.714. The highest BCUT2D eigenvalue weighted by atomic mass is 19.4. The third-order valence-electron chi connectivity index (χ3n) is 3.80. The van der Waals surface area contributed by atoms with Gasteiger partial charge in [0.15, 0.2) is 5.82 Å². The first kappa shape index (κ1) is 18.2. The maximum Gasteiger partial charge on any atom is 0.471 e. The van der Waals surface area contributed by atoms with Gasteiger partial charge in [0.05, 0.1) is 5.92 Å². The number of piperidine rings is 1. The minimum absolute atomic E-state index is 0.0215. The number of hydrogen-bond acceptors (Lipinski definition) is 5. The summed E-state index contributed by atoms with van der Waals surface area (Å²) >= 11 is 0. The van der Waals surface area contributed by atoms with Crippen LogP contribution in [0.5, 0.6) is 0 Å². The van der Waals surface area contributed by atoms with E-state index in [0.717, 1.165) is 0 Å². The van der Waals surface area contributed by atoms with Crippen LogP contribution < -0.4 is 5.32 Å². The molecule has 0 aromatic carbocycles. The Labute approximate surface area is 136 Å². The smallest absolute Gasteiger partial charge is 0.355 e. The largest absolute Gasteiger partial charge is 0.471 e. The lowest BCUT2D eigenvalue weighted by atomic mass is 9.95. The molecule has 1 atom stereocenters. The quantitative estimate of drug-likeness (QED) is 0.869. The summed E-state index contributed by atoms with van der Waals surface area (Å²) in [5.74, 6) is -2.04. The van der Waals surface area contributed by atoms with Crippen molar-refractivity contribution in [3.63, 3.8) is 0 Å². The van der Waals surface area contributed by atoms with Crippen molar-refractivity contribution in [2.75, 3.05) is 13.1 Å². The first-order valence-electron chi connectivity index (χ1n) is 7.65. The van der Waals surface area contributed by atoms with Gasteiger partial charge in [-0.15, -0.1) is 0 Å². The van der Waals surface area contributed by atoms with Crippen molar-refractivity contribution in [3.8, 4) is 0 Å². The lowest BCUT2D eigenvalue weighted by Gasteiger charge is -2.34. The Hall–Kier alpha value is -2.13. The molecule has 0 radical (unpaired) electrons. The van der Waals surface area contributed by atoms with Gasteiger partial charge in [0.1, 0.15) is 0 Å². The molecule has 1 aromatic heterocycles. The maximum absolute atomic E-state index is 12.3. The van der Waals surface area contributed by atoms with E-state index in [2.05, 4.69) is 20.0 Å². The number of rotatable bonds is 5. The minimum atomic E-state index is -4.68. The molecule has 2 rings (SSSR count). The Morgan fingerprint density at radius 2 is 2.17 bits per heavy atom. The summed E-state index contributed by atoms with van der Waals surface area (Å²) in [4.78, 5) is 28.8. The van der Waals surface area contributed by atoms with Gasteiger partial charge < -0.3 is 14.7 Å². The highest BCUT2D eigenvalue weighted by Gasteiger charge is 2.38. The Morgan fingerprint density at radius 1 is 1.46 bits per heavy atom. The second kappa shape index (κ2) is 7.18. The second-order valence-corrected chi connectivity index (χ2v) is 5.93. The molecule has 1 aromatic rings. The van der Waals surface area contributed by atoms with E-state index in [1.54, 1.807) is 4.90 Å². The molecule has 1 N–H and O–H groups in total. The van der Waals surface area contributed by atoms with E-state index in [-0.39, 0.29) is 42.6 Å². The summed E-state index contributed by atoms with van der Waals surface area (Å²) in [7, 11) is 0. The standard InChI is InChI=1S/C14H19F3N4O3/c1-8(2)21-7-9(3-4-11(21)22)12(23)18-6-5-10-19-13(24-20-10)14(15,16)17/h8-9H,3-7H2,1-2H3,(H,18,23). The molecule has 1 aliphatic heterocycles. The summed E-state index contributed by atoms with van der Waals surface area (Å²) in [6.45, 7) is 4.21. The summed E-state index contributed by atoms with van der Waals surface area (Å²) in [6.07, 6.45) is -3.86. The number of hydrogen-bond donors (Lipinski definition) is 1. The second-order valence-electron chi connectivity index (χ2n) is 5.93. The van der Waals surface area contributed by atoms with Crippen LogP contribution >= 0.6 is 0 Å². The van der Waals surface area contributed by atoms with Gasteiger partial charge in [0.25, 0.3) is 0 Å². The van der Waals surface area contributed by atoms with Crippen LogP contribution in [0.4, 0.5) is 13.2 Å². The Morgan fingerprint density at radius 3 is 2.75 bits per heavy atom. The van der Waals surface area contributed by atoms with Crippen molar-refractivity contribution in [1.82, 2.24) is 20.4 Å². The monoisotopic (exact) mass is 348 g/mol. The number of nitrogens with zero attached hydrogens (tertiary/aromatic N) is 3. The molecule has 134 valence electrons. The Bertz CT molecular complexity index is 600. The molecule has 1 saturated heterocycles. The van der Waals surface area contributed by atoms with Gasteiger partial charge in [-0.2, -0.15) is 18.2 Å². The number of aromatic nitrogens is 2. The average molecular weight is 348 g/mol. The van der Waals surface area contributed by atoms with E-state index in [9.17, 15) is 22.8 Å². The van der Waals surface area contributed by atoms with Gasteiger partial charge >= 0.3 is 12.1 Å². The van der Waals surface area contributed by atoms with Crippen molar-refractivity contribution in [2.24, 2.45) is 5.92 Å². The summed E-state index contributed by atoms with van der Waals surface area (Å²) < 4.78 is 41.1. The number of likely N-dealkylation sites (tertiary alicyclic amines) is 1. The van der Waals surface area contributed by atoms with Crippen LogP contribution in [0.1, 0.15) is 38.4 Å². The van der Waals surface area contributed by atoms with Crippen molar-refractivity contribution in [3.05, 3.63) is 11.7 Å². The van der Waals surface area contributed by atoms with Crippen LogP contribution in [0.3, 0.4) is 0 Å². The fourth-order valence-electron chi connectivity index (χ4n) is 2.50. The average Bonchev–Trinajstić information content (AvgIpc) is 2.96. The lowest BCUT2D eigenvalue weighted by Crippen LogP contribution is -2.48. The Balaban J connectivity index is 1.81. The number of halogens is 3. The molecule has 10 heteroatoms. The Kier molecular flexibility index (Phi) is 5.45. The van der Waals surface area contributed by atoms with Gasteiger partial charge in [-0.25, -0.2) is 0 Å². The molecule has 2 heterocycles. The number of carbonyl (C=O) groups excluding carboxylic acids is 2. The van der Waals surface area contributed by atoms with Gasteiger partial charge in [-0.3, -0.25) is 9.59 Å². The predicted octanol–water partition coefficient (Wildman–Crippen LogP) is 1.39. The molecule has 0 spiro atoms. The first-order chi connectivity index (χ1) is 11.2. The number of amides is 2. The van der Waals surface area contributed by atoms with Crippen LogP contribution in [0.2, 0.25) is 0 Å². The molecule has 7 nitrogen and oxygen atoms in total. The number of nitrogens with one attached hydrogen (secondary N) is 1. The van der Waals surface area contributed by atoms with Crippen LogP contribution in [0, 0.1) is 5.92 Å². The van der Waals surface area contributed by atoms with Crippen LogP contribution in [-0.4, -0.2) is 46.0 Å². The minimum Gasteiger partial charge on any atom is -0.355 e. The van der Waals surface area contributed by atoms with Crippen LogP contribution in [0.15, 0.2) is 4.52 Å². The first-order valence-corrected chi connectivity index (χ1v) is 7.65. The van der Waals surface area contributed by atoms with Crippen molar-refractivity contribution in [1.29, 1.82) is 0 Å². The highest BCUT2D eigenvalue weighted by Crippen LogP contribution is 2.27. The van der Waals surface area contributed by atoms with E-state index >= 15 is 0 Å². The number of alkyl halides is 3. The summed E-state index contributed by atoms with van der Waals surface area (Å²) in [6, 6.07) is 0.0215. The van der Waals surface area contributed by atoms with Crippen molar-refractivity contribution in [2.45, 2.75) is 45.3 Å². The molecule has 1 aliphatic rings. The fourth-order valence-corrected chi connectivity index (χ4v) is 2.50. The topological polar surface area (TPSA) is 88.3 Å². The zero-order chi connectivity index (χ0) is 17.9. The molecular formula is C14H19F3N4O3. The lowest BCUT2D eigenvalue weighted by molar-refractivity contribution is -0.159. The molecule has 0 bridgehead atoms. The highest BCUT2D eigenvalue weighted by molar-refractivity contribution is 5.83. The van der Waals surface area contributed by atoms with E-state index in [1.807, 2.05) is 13.8 Å². The number of carbonyl (C=O) groups is 2. The SMILES string of the molecule is CC(C)N1CC(C(=O)NCCc2noc(C(F)(F)F)n2)CCC1=O. The zero-order valence-corrected chi connectivity index (χ0v) is 13.4. The molecule has 1 unspecified atom stereocenters. The van der Waals surface area contributed by atoms with E-state index < -0.39 is 12.1 Å². The molecular weight excluding hydrogens is 329 g/mol. The molecule has 0 saturated carbocycles. The van der Waals surface area contributed by atoms with Crippen LogP contribution in [-0.2, 0) is 22.2 Å². The zero-order valence-electron chi connectivity index (χ0n) is 13.4. The van der Waals surface area contributed by atoms with Gasteiger partial charge in [-0.05, 0) is 20.3 Å². The maximum atomic E-state index is 12.3. The van der Waals surface area contributed by atoms with Gasteiger partial charge in [0.2, 0.25) is 11.8 Å². The van der Waals surface area contributed by atoms with E-state index in [0.29, 0.717) is 19.4 Å². The summed E-state index contributed by atoms with van der Waals surface area (Å²) in [5, 5.41) is 5.87. The summed E-state index contributed by atoms with van der Waals surface area (Å²) in [5.41, 5.74) is 0. The van der Waals surface area contributed by atoms with Crippen molar-refractivity contribution >= 4 is 11.8 Å². The van der Waals surface area contributed by atoms with Crippen molar-refractivity contribution < 1.29 is 27.3 Å². The third kappa shape index (κ3) is 4.45. The van der Waals surface area contributed by atoms with E-state index in [4.69, 9.17) is 0 Å². The molecule has 2 amide bonds. The third-order valence-corrected chi connectivity index (χ3v) is 3.80. The molecule has 24 heavy (non-hydrogen) atoms. The normalized spacial score (nSPS) is 19.0.